The van der Waals surface area contributed by atoms with E-state index in [1.54, 1.807) is 4.90 Å². The van der Waals surface area contributed by atoms with Crippen LogP contribution in [-0.4, -0.2) is 86.4 Å². The smallest absolute Gasteiger partial charge is 0.347 e. The van der Waals surface area contributed by atoms with Gasteiger partial charge < -0.3 is 30.8 Å². The van der Waals surface area contributed by atoms with Crippen LogP contribution < -0.4 is 10.3 Å². The number of aliphatic carboxylic acids is 1. The zero-order chi connectivity index (χ0) is 31.1. The lowest BCUT2D eigenvalue weighted by Crippen LogP contribution is -2.65. The van der Waals surface area contributed by atoms with E-state index in [1.807, 2.05) is 23.0 Å². The van der Waals surface area contributed by atoms with Gasteiger partial charge in [0.2, 0.25) is 12.0 Å². The Kier molecular flexibility index (Phi) is 7.76. The predicted octanol–water partition coefficient (Wildman–Crippen LogP) is 0.832. The summed E-state index contributed by atoms with van der Waals surface area (Å²) in [5.41, 5.74) is 5.66. The van der Waals surface area contributed by atoms with Crippen molar-refractivity contribution in [2.45, 2.75) is 37.4 Å². The summed E-state index contributed by atoms with van der Waals surface area (Å²) in [6.07, 6.45) is 2.18. The molecule has 0 bridgehead atoms. The Morgan fingerprint density at radius 1 is 1.30 bits per heavy atom. The van der Waals surface area contributed by atoms with Crippen LogP contribution in [0.4, 0.5) is 5.13 Å². The number of phenols is 2. The summed E-state index contributed by atoms with van der Waals surface area (Å²) in [4.78, 5) is 49.1. The number of carboxylic acids is 1. The van der Waals surface area contributed by atoms with Crippen LogP contribution in [0.3, 0.4) is 0 Å². The standard InChI is InChI=1S/C26H25N9O7S2/c1-11(25(40)41)42-31-20(16-10-44-26(27)28-16)19(38)6-15-23(39)35-21(22-29-32-33-30-22)14(9-43-24(15)35)8-34-3-2-12-4-17(36)18(37)5-13(12)7-34/h2-5,7,10-11,14-15,21,24H,6,8-9H2,1H3,(H5,27,28,29,30,32,33,37,40,41)/p+1/b31-20-/t11-,14?,15+,21?,24+/m0/s1. The van der Waals surface area contributed by atoms with Crippen LogP contribution in [0, 0.1) is 11.8 Å². The second-order valence-corrected chi connectivity index (χ2v) is 12.4. The number of carboxylic acid groups (broad SMARTS) is 1. The molecule has 6 N–H and O–H groups in total. The number of H-pyrrole nitrogens is 1. The molecule has 0 saturated carbocycles. The Labute approximate surface area is 256 Å². The van der Waals surface area contributed by atoms with Crippen molar-refractivity contribution in [3.05, 3.63) is 47.5 Å². The molecule has 2 saturated heterocycles. The summed E-state index contributed by atoms with van der Waals surface area (Å²) in [6.45, 7) is 1.75. The molecular formula is C26H26N9O7S2+. The van der Waals surface area contributed by atoms with Crippen LogP contribution >= 0.6 is 23.1 Å². The number of nitrogen functional groups attached to an aromatic ring is 1. The Hall–Kier alpha value is -4.84. The number of benzene rings is 1. The zero-order valence-electron chi connectivity index (χ0n) is 23.0. The molecule has 2 aliphatic heterocycles. The Balaban J connectivity index is 1.22. The normalized spacial score (nSPS) is 22.3. The monoisotopic (exact) mass is 640 g/mol. The molecule has 228 valence electrons. The maximum atomic E-state index is 13.6. The number of phenolic OH excluding ortho intramolecular Hbond substituents is 2. The van der Waals surface area contributed by atoms with E-state index in [2.05, 4.69) is 30.8 Å². The number of fused-ring (bicyclic) bond motifs is 2. The highest BCUT2D eigenvalue weighted by Gasteiger charge is 2.57. The number of thiazole rings is 1. The third-order valence-electron chi connectivity index (χ3n) is 7.50. The van der Waals surface area contributed by atoms with E-state index < -0.39 is 29.8 Å². The lowest BCUT2D eigenvalue weighted by Gasteiger charge is -2.54. The number of Topliss-reactive ketones (excluding diaryl/α,β-unsaturated/α-hetero) is 1. The van der Waals surface area contributed by atoms with E-state index in [0.29, 0.717) is 18.1 Å². The first-order chi connectivity index (χ1) is 21.1. The molecule has 2 unspecified atom stereocenters. The van der Waals surface area contributed by atoms with Gasteiger partial charge in [-0.05, 0) is 24.4 Å². The first kappa shape index (κ1) is 29.2. The van der Waals surface area contributed by atoms with Gasteiger partial charge in [0, 0.05) is 29.0 Å². The number of thioether (sulfide) groups is 1. The lowest BCUT2D eigenvalue weighted by atomic mass is 9.85. The number of oxime groups is 1. The van der Waals surface area contributed by atoms with Crippen molar-refractivity contribution >= 4 is 62.4 Å². The number of hydrogen-bond acceptors (Lipinski definition) is 14. The van der Waals surface area contributed by atoms with Gasteiger partial charge in [-0.3, -0.25) is 9.59 Å². The molecule has 18 heteroatoms. The number of carbonyl (C=O) groups is 3. The fourth-order valence-electron chi connectivity index (χ4n) is 5.31. The number of anilines is 1. The number of nitrogens with zero attached hydrogens (tertiary/aromatic N) is 7. The molecule has 3 aromatic heterocycles. The number of aromatic hydroxyl groups is 2. The predicted molar refractivity (Wildman–Crippen MR) is 155 cm³/mol. The molecule has 5 atom stereocenters. The number of nitrogens with two attached hydrogens (primary N) is 1. The molecule has 6 rings (SSSR count). The van der Waals surface area contributed by atoms with E-state index in [9.17, 15) is 24.6 Å². The van der Waals surface area contributed by atoms with Crippen molar-refractivity contribution < 1.29 is 39.1 Å². The van der Waals surface area contributed by atoms with Crippen molar-refractivity contribution in [1.82, 2.24) is 30.5 Å². The minimum Gasteiger partial charge on any atom is -0.504 e. The highest BCUT2D eigenvalue weighted by atomic mass is 32.2. The fourth-order valence-corrected chi connectivity index (χ4v) is 7.43. The highest BCUT2D eigenvalue weighted by Crippen LogP contribution is 2.50. The van der Waals surface area contributed by atoms with Crippen molar-refractivity contribution in [1.29, 1.82) is 0 Å². The lowest BCUT2D eigenvalue weighted by molar-refractivity contribution is -0.702. The van der Waals surface area contributed by atoms with Crippen molar-refractivity contribution in [3.63, 3.8) is 0 Å². The molecule has 2 fully saturated rings. The largest absolute Gasteiger partial charge is 0.504 e. The van der Waals surface area contributed by atoms with Crippen LogP contribution in [0.1, 0.15) is 30.9 Å². The highest BCUT2D eigenvalue weighted by molar-refractivity contribution is 8.00. The number of tetrazole rings is 1. The van der Waals surface area contributed by atoms with Gasteiger partial charge in [-0.15, -0.1) is 33.3 Å². The van der Waals surface area contributed by atoms with E-state index in [4.69, 9.17) is 15.7 Å². The molecule has 4 aromatic rings. The van der Waals surface area contributed by atoms with Crippen LogP contribution in [0.25, 0.3) is 10.8 Å². The molecule has 44 heavy (non-hydrogen) atoms. The van der Waals surface area contributed by atoms with Gasteiger partial charge in [-0.25, -0.2) is 14.3 Å². The van der Waals surface area contributed by atoms with Gasteiger partial charge in [0.05, 0.1) is 17.2 Å². The molecule has 1 aromatic carbocycles. The van der Waals surface area contributed by atoms with E-state index in [1.165, 1.54) is 36.2 Å². The van der Waals surface area contributed by atoms with Gasteiger partial charge in [-0.2, -0.15) is 5.21 Å². The molecule has 2 aliphatic rings. The Morgan fingerprint density at radius 2 is 2.07 bits per heavy atom. The number of ketones is 1. The van der Waals surface area contributed by atoms with E-state index in [-0.39, 0.29) is 51.7 Å². The zero-order valence-corrected chi connectivity index (χ0v) is 24.6. The molecule has 1 amide bonds. The van der Waals surface area contributed by atoms with Crippen molar-refractivity contribution in [3.8, 4) is 11.5 Å². The van der Waals surface area contributed by atoms with E-state index in [0.717, 1.165) is 22.1 Å². The Bertz CT molecular complexity index is 1780. The number of nitrogens with one attached hydrogen (secondary N) is 1. The van der Waals surface area contributed by atoms with Gasteiger partial charge in [0.15, 0.2) is 52.9 Å². The van der Waals surface area contributed by atoms with Crippen LogP contribution in [0.5, 0.6) is 11.5 Å². The quantitative estimate of drug-likeness (QED) is 0.0532. The second-order valence-electron chi connectivity index (χ2n) is 10.4. The van der Waals surface area contributed by atoms with Gasteiger partial charge >= 0.3 is 5.97 Å². The summed E-state index contributed by atoms with van der Waals surface area (Å²) >= 11 is 2.62. The molecule has 0 radical (unpaired) electrons. The molecule has 5 heterocycles. The fraction of sp³-hybridized carbons (Fsp3) is 0.346. The number of β-lactam (4-membered cyclic amide) rings is 1. The summed E-state index contributed by atoms with van der Waals surface area (Å²) < 4.78 is 1.93. The van der Waals surface area contributed by atoms with Crippen molar-refractivity contribution in [2.75, 3.05) is 11.5 Å². The SMILES string of the molecule is C[C@H](O/N=C(\C(=O)C[C@@H]1C(=O)N2C(c3nn[nH]n3)C(C[n+]3ccc4cc(O)c(O)cc4c3)CS[C@H]12)c1csc(N)n1)C(=O)O. The van der Waals surface area contributed by atoms with Crippen LogP contribution in [0.15, 0.2) is 41.1 Å². The first-order valence-corrected chi connectivity index (χ1v) is 15.3. The van der Waals surface area contributed by atoms with Crippen molar-refractivity contribution in [2.24, 2.45) is 17.0 Å². The number of aromatic amines is 1. The number of rotatable bonds is 10. The minimum absolute atomic E-state index is 0.135. The number of carbonyl (C=O) groups excluding carboxylic acids is 2. The van der Waals surface area contributed by atoms with Gasteiger partial charge in [0.25, 0.3) is 0 Å². The number of amides is 1. The maximum Gasteiger partial charge on any atom is 0.347 e. The summed E-state index contributed by atoms with van der Waals surface area (Å²) in [5.74, 6) is -2.36. The van der Waals surface area contributed by atoms with Crippen LogP contribution in [-0.2, 0) is 25.8 Å². The molecule has 0 aliphatic carbocycles. The molecule has 16 nitrogen and oxygen atoms in total. The minimum atomic E-state index is -1.31. The van der Waals surface area contributed by atoms with Crippen LogP contribution in [0.2, 0.25) is 0 Å². The maximum absolute atomic E-state index is 13.6. The Morgan fingerprint density at radius 3 is 2.75 bits per heavy atom. The van der Waals surface area contributed by atoms with Gasteiger partial charge in [-0.1, -0.05) is 10.4 Å². The van der Waals surface area contributed by atoms with E-state index >= 15 is 0 Å². The van der Waals surface area contributed by atoms with Gasteiger partial charge in [0.1, 0.15) is 11.7 Å². The third-order valence-corrected chi connectivity index (χ3v) is 9.70. The molecular weight excluding hydrogens is 614 g/mol. The third kappa shape index (κ3) is 5.48. The molecule has 0 spiro atoms. The summed E-state index contributed by atoms with van der Waals surface area (Å²) in [6, 6.07) is 4.26. The summed E-state index contributed by atoms with van der Waals surface area (Å²) in [5, 5.41) is 50.0. The number of hydrogen-bond donors (Lipinski definition) is 5. The second kappa shape index (κ2) is 11.7. The first-order valence-electron chi connectivity index (χ1n) is 13.3. The summed E-state index contributed by atoms with van der Waals surface area (Å²) in [7, 11) is 0. The number of pyridine rings is 1. The average Bonchev–Trinajstić information content (AvgIpc) is 3.68. The topological polar surface area (TPSA) is 234 Å². The number of aromatic nitrogens is 6. The average molecular weight is 641 g/mol.